The quantitative estimate of drug-likeness (QED) is 0.773. The van der Waals surface area contributed by atoms with Crippen molar-refractivity contribution in [2.45, 2.75) is 52.0 Å². The average Bonchev–Trinajstić information content (AvgIpc) is 2.42. The molecular formula is C17H25ClFN. The molecule has 1 saturated carbocycles. The highest BCUT2D eigenvalue weighted by atomic mass is 35.5. The summed E-state index contributed by atoms with van der Waals surface area (Å²) in [4.78, 5) is 0. The van der Waals surface area contributed by atoms with Gasteiger partial charge in [0, 0.05) is 16.6 Å². The van der Waals surface area contributed by atoms with Crippen molar-refractivity contribution in [3.8, 4) is 0 Å². The second-order valence-electron chi connectivity index (χ2n) is 6.10. The molecule has 1 aromatic rings. The second-order valence-corrected chi connectivity index (χ2v) is 6.51. The maximum absolute atomic E-state index is 14.3. The van der Waals surface area contributed by atoms with Gasteiger partial charge in [0.25, 0.3) is 0 Å². The molecule has 0 spiro atoms. The zero-order chi connectivity index (χ0) is 14.5. The van der Waals surface area contributed by atoms with Gasteiger partial charge < -0.3 is 5.32 Å². The van der Waals surface area contributed by atoms with Gasteiger partial charge in [-0.05, 0) is 49.8 Å². The number of rotatable bonds is 5. The first-order valence-corrected chi connectivity index (χ1v) is 8.18. The summed E-state index contributed by atoms with van der Waals surface area (Å²) in [7, 11) is 0. The van der Waals surface area contributed by atoms with Gasteiger partial charge in [-0.2, -0.15) is 0 Å². The number of halogens is 2. The Balaban J connectivity index is 2.26. The van der Waals surface area contributed by atoms with E-state index in [4.69, 9.17) is 11.6 Å². The van der Waals surface area contributed by atoms with Crippen molar-refractivity contribution in [3.05, 3.63) is 34.6 Å². The molecule has 1 N–H and O–H groups in total. The Labute approximate surface area is 126 Å². The van der Waals surface area contributed by atoms with Gasteiger partial charge in [-0.15, -0.1) is 0 Å². The summed E-state index contributed by atoms with van der Waals surface area (Å²) in [5.41, 5.74) is 0.668. The fraction of sp³-hybridized carbons (Fsp3) is 0.647. The van der Waals surface area contributed by atoms with Crippen LogP contribution in [0.2, 0.25) is 5.02 Å². The van der Waals surface area contributed by atoms with Crippen LogP contribution in [-0.2, 0) is 0 Å². The first-order chi connectivity index (χ1) is 9.63. The SMILES string of the molecule is CCCNC(c1c(F)cccc1Cl)C1CCCC(C)C1. The second kappa shape index (κ2) is 7.42. The average molecular weight is 298 g/mol. The molecule has 1 aliphatic rings. The summed E-state index contributed by atoms with van der Waals surface area (Å²) in [6.07, 6.45) is 5.90. The lowest BCUT2D eigenvalue weighted by Gasteiger charge is -2.34. The summed E-state index contributed by atoms with van der Waals surface area (Å²) in [5, 5.41) is 4.09. The van der Waals surface area contributed by atoms with E-state index in [-0.39, 0.29) is 11.9 Å². The third-order valence-electron chi connectivity index (χ3n) is 4.37. The van der Waals surface area contributed by atoms with E-state index < -0.39 is 0 Å². The van der Waals surface area contributed by atoms with Crippen LogP contribution in [0.15, 0.2) is 18.2 Å². The molecule has 0 aliphatic heterocycles. The predicted molar refractivity (Wildman–Crippen MR) is 83.6 cm³/mol. The van der Waals surface area contributed by atoms with Gasteiger partial charge in [0.05, 0.1) is 0 Å². The Morgan fingerprint density at radius 1 is 1.40 bits per heavy atom. The standard InChI is InChI=1S/C17H25ClFN/c1-3-10-20-17(13-7-4-6-12(2)11-13)16-14(18)8-5-9-15(16)19/h5,8-9,12-13,17,20H,3-4,6-7,10-11H2,1-2H3. The normalized spacial score (nSPS) is 24.6. The van der Waals surface area contributed by atoms with Crippen LogP contribution in [0.3, 0.4) is 0 Å². The zero-order valence-corrected chi connectivity index (χ0v) is 13.2. The van der Waals surface area contributed by atoms with Gasteiger partial charge in [-0.3, -0.25) is 0 Å². The van der Waals surface area contributed by atoms with E-state index in [0.29, 0.717) is 16.5 Å². The van der Waals surface area contributed by atoms with E-state index in [0.717, 1.165) is 31.7 Å². The lowest BCUT2D eigenvalue weighted by atomic mass is 9.76. The molecule has 1 aromatic carbocycles. The smallest absolute Gasteiger partial charge is 0.129 e. The molecule has 20 heavy (non-hydrogen) atoms. The largest absolute Gasteiger partial charge is 0.310 e. The Hall–Kier alpha value is -0.600. The van der Waals surface area contributed by atoms with Crippen LogP contribution in [0, 0.1) is 17.7 Å². The Kier molecular flexibility index (Phi) is 5.86. The van der Waals surface area contributed by atoms with Crippen molar-refractivity contribution in [2.75, 3.05) is 6.54 Å². The van der Waals surface area contributed by atoms with E-state index in [2.05, 4.69) is 19.2 Å². The van der Waals surface area contributed by atoms with Crippen LogP contribution >= 0.6 is 11.6 Å². The van der Waals surface area contributed by atoms with Crippen LogP contribution in [0.25, 0.3) is 0 Å². The lowest BCUT2D eigenvalue weighted by molar-refractivity contribution is 0.221. The van der Waals surface area contributed by atoms with Crippen molar-refractivity contribution < 1.29 is 4.39 Å². The molecule has 2 rings (SSSR count). The van der Waals surface area contributed by atoms with Gasteiger partial charge in [0.1, 0.15) is 5.82 Å². The molecule has 112 valence electrons. The van der Waals surface area contributed by atoms with E-state index in [9.17, 15) is 4.39 Å². The monoisotopic (exact) mass is 297 g/mol. The molecule has 0 radical (unpaired) electrons. The highest BCUT2D eigenvalue weighted by Crippen LogP contribution is 2.40. The molecule has 0 amide bonds. The first kappa shape index (κ1) is 15.8. The lowest BCUT2D eigenvalue weighted by Crippen LogP contribution is -2.32. The molecule has 1 aliphatic carbocycles. The van der Waals surface area contributed by atoms with Gasteiger partial charge in [-0.1, -0.05) is 44.4 Å². The topological polar surface area (TPSA) is 12.0 Å². The third kappa shape index (κ3) is 3.73. The first-order valence-electron chi connectivity index (χ1n) is 7.80. The molecule has 3 heteroatoms. The molecule has 1 nitrogen and oxygen atoms in total. The number of benzene rings is 1. The minimum atomic E-state index is -0.177. The maximum Gasteiger partial charge on any atom is 0.129 e. The zero-order valence-electron chi connectivity index (χ0n) is 12.5. The Morgan fingerprint density at radius 3 is 2.85 bits per heavy atom. The maximum atomic E-state index is 14.3. The molecule has 0 aromatic heterocycles. The Morgan fingerprint density at radius 2 is 2.20 bits per heavy atom. The van der Waals surface area contributed by atoms with Crippen molar-refractivity contribution in [1.82, 2.24) is 5.32 Å². The van der Waals surface area contributed by atoms with E-state index in [1.54, 1.807) is 12.1 Å². The Bertz CT molecular complexity index is 415. The van der Waals surface area contributed by atoms with Gasteiger partial charge in [0.15, 0.2) is 0 Å². The number of hydrogen-bond acceptors (Lipinski definition) is 1. The summed E-state index contributed by atoms with van der Waals surface area (Å²) in [6.45, 7) is 5.34. The van der Waals surface area contributed by atoms with Crippen LogP contribution in [0.4, 0.5) is 4.39 Å². The van der Waals surface area contributed by atoms with Crippen molar-refractivity contribution >= 4 is 11.6 Å². The molecule has 3 atom stereocenters. The molecule has 0 heterocycles. The van der Waals surface area contributed by atoms with Gasteiger partial charge in [-0.25, -0.2) is 4.39 Å². The van der Waals surface area contributed by atoms with Crippen LogP contribution in [0.1, 0.15) is 57.6 Å². The highest BCUT2D eigenvalue weighted by Gasteiger charge is 2.30. The summed E-state index contributed by atoms with van der Waals surface area (Å²) >= 11 is 6.28. The summed E-state index contributed by atoms with van der Waals surface area (Å²) in [6, 6.07) is 5.05. The van der Waals surface area contributed by atoms with Crippen molar-refractivity contribution in [3.63, 3.8) is 0 Å². The number of hydrogen-bond donors (Lipinski definition) is 1. The fourth-order valence-corrected chi connectivity index (χ4v) is 3.68. The molecule has 3 unspecified atom stereocenters. The molecular weight excluding hydrogens is 273 g/mol. The van der Waals surface area contributed by atoms with Crippen LogP contribution in [-0.4, -0.2) is 6.54 Å². The third-order valence-corrected chi connectivity index (χ3v) is 4.70. The highest BCUT2D eigenvalue weighted by molar-refractivity contribution is 6.31. The van der Waals surface area contributed by atoms with Crippen molar-refractivity contribution in [1.29, 1.82) is 0 Å². The fourth-order valence-electron chi connectivity index (χ4n) is 3.40. The van der Waals surface area contributed by atoms with E-state index >= 15 is 0 Å². The molecule has 1 fully saturated rings. The minimum Gasteiger partial charge on any atom is -0.310 e. The van der Waals surface area contributed by atoms with Gasteiger partial charge in [0.2, 0.25) is 0 Å². The van der Waals surface area contributed by atoms with Crippen molar-refractivity contribution in [2.24, 2.45) is 11.8 Å². The molecule has 0 bridgehead atoms. The van der Waals surface area contributed by atoms with Crippen LogP contribution < -0.4 is 5.32 Å². The number of nitrogens with one attached hydrogen (secondary N) is 1. The minimum absolute atomic E-state index is 0.0476. The van der Waals surface area contributed by atoms with E-state index in [1.165, 1.54) is 18.9 Å². The summed E-state index contributed by atoms with van der Waals surface area (Å²) in [5.74, 6) is 1.04. The summed E-state index contributed by atoms with van der Waals surface area (Å²) < 4.78 is 14.3. The predicted octanol–water partition coefficient (Wildman–Crippen LogP) is 5.35. The van der Waals surface area contributed by atoms with E-state index in [1.807, 2.05) is 0 Å². The molecule has 0 saturated heterocycles. The van der Waals surface area contributed by atoms with Gasteiger partial charge >= 0.3 is 0 Å². The van der Waals surface area contributed by atoms with Crippen LogP contribution in [0.5, 0.6) is 0 Å².